The number of hydrogen-bond acceptors (Lipinski definition) is 4. The molecule has 0 aliphatic carbocycles. The molecule has 0 fully saturated rings. The molecule has 3 aromatic rings. The Morgan fingerprint density at radius 1 is 1.21 bits per heavy atom. The van der Waals surface area contributed by atoms with Crippen molar-refractivity contribution < 1.29 is 5.11 Å². The molecule has 0 saturated heterocycles. The predicted molar refractivity (Wildman–Crippen MR) is 74.5 cm³/mol. The molecule has 5 nitrogen and oxygen atoms in total. The van der Waals surface area contributed by atoms with Gasteiger partial charge in [-0.15, -0.1) is 0 Å². The number of pyridine rings is 1. The van der Waals surface area contributed by atoms with Gasteiger partial charge in [0.2, 0.25) is 0 Å². The second-order valence-electron chi connectivity index (χ2n) is 4.26. The topological polar surface area (TPSA) is 77.0 Å². The van der Waals surface area contributed by atoms with E-state index in [1.54, 1.807) is 12.4 Å². The maximum absolute atomic E-state index is 9.25. The van der Waals surface area contributed by atoms with Gasteiger partial charge in [-0.3, -0.25) is 4.98 Å². The third-order valence-electron chi connectivity index (χ3n) is 3.07. The van der Waals surface area contributed by atoms with Gasteiger partial charge in [0.1, 0.15) is 5.82 Å². The minimum absolute atomic E-state index is 0.0539. The molecule has 0 radical (unpaired) electrons. The maximum atomic E-state index is 9.25. The standard InChI is InChI=1S/C14H14N4O/c15-11-9-16-6-5-10(11)14-17-12-3-1-2-4-13(12)18(14)7-8-19/h1-6,9,19H,7-8,15H2. The van der Waals surface area contributed by atoms with Gasteiger partial charge in [-0.2, -0.15) is 0 Å². The van der Waals surface area contributed by atoms with Crippen molar-refractivity contribution in [3.05, 3.63) is 42.7 Å². The molecule has 0 amide bonds. The molecule has 0 aliphatic rings. The number of hydrogen-bond donors (Lipinski definition) is 2. The number of anilines is 1. The SMILES string of the molecule is Nc1cnccc1-c1nc2ccccc2n1CCO. The Bertz CT molecular complexity index is 720. The number of imidazole rings is 1. The number of nitrogen functional groups attached to an aromatic ring is 1. The fourth-order valence-electron chi connectivity index (χ4n) is 2.22. The molecule has 0 unspecified atom stereocenters. The van der Waals surface area contributed by atoms with Crippen LogP contribution in [-0.4, -0.2) is 26.2 Å². The summed E-state index contributed by atoms with van der Waals surface area (Å²) in [7, 11) is 0. The molecule has 5 heteroatoms. The number of rotatable bonds is 3. The van der Waals surface area contributed by atoms with E-state index in [-0.39, 0.29) is 6.61 Å². The Morgan fingerprint density at radius 2 is 2.05 bits per heavy atom. The van der Waals surface area contributed by atoms with Crippen LogP contribution in [0.5, 0.6) is 0 Å². The maximum Gasteiger partial charge on any atom is 0.143 e. The molecule has 2 aromatic heterocycles. The predicted octanol–water partition coefficient (Wildman–Crippen LogP) is 1.67. The average molecular weight is 254 g/mol. The van der Waals surface area contributed by atoms with E-state index in [0.29, 0.717) is 12.2 Å². The van der Waals surface area contributed by atoms with Gasteiger partial charge in [-0.25, -0.2) is 4.98 Å². The smallest absolute Gasteiger partial charge is 0.143 e. The van der Waals surface area contributed by atoms with Gasteiger partial charge >= 0.3 is 0 Å². The summed E-state index contributed by atoms with van der Waals surface area (Å²) in [5.41, 5.74) is 9.25. The van der Waals surface area contributed by atoms with Crippen LogP contribution in [0.1, 0.15) is 0 Å². The number of aliphatic hydroxyl groups excluding tert-OH is 1. The van der Waals surface area contributed by atoms with Crippen LogP contribution in [0.15, 0.2) is 42.7 Å². The average Bonchev–Trinajstić information content (AvgIpc) is 2.79. The van der Waals surface area contributed by atoms with Crippen molar-refractivity contribution in [3.8, 4) is 11.4 Å². The number of para-hydroxylation sites is 2. The van der Waals surface area contributed by atoms with Gasteiger partial charge in [0, 0.05) is 18.3 Å². The van der Waals surface area contributed by atoms with Crippen LogP contribution in [0.4, 0.5) is 5.69 Å². The Morgan fingerprint density at radius 3 is 2.84 bits per heavy atom. The van der Waals surface area contributed by atoms with Crippen LogP contribution < -0.4 is 5.73 Å². The monoisotopic (exact) mass is 254 g/mol. The third-order valence-corrected chi connectivity index (χ3v) is 3.07. The number of fused-ring (bicyclic) bond motifs is 1. The van der Waals surface area contributed by atoms with Crippen molar-refractivity contribution in [2.45, 2.75) is 6.54 Å². The quantitative estimate of drug-likeness (QED) is 0.745. The molecule has 0 bridgehead atoms. The summed E-state index contributed by atoms with van der Waals surface area (Å²) < 4.78 is 1.97. The van der Waals surface area contributed by atoms with Crippen molar-refractivity contribution in [1.82, 2.24) is 14.5 Å². The van der Waals surface area contributed by atoms with E-state index in [4.69, 9.17) is 5.73 Å². The van der Waals surface area contributed by atoms with Gasteiger partial charge in [-0.1, -0.05) is 12.1 Å². The first-order valence-corrected chi connectivity index (χ1v) is 6.07. The van der Waals surface area contributed by atoms with Gasteiger partial charge in [0.25, 0.3) is 0 Å². The second kappa shape index (κ2) is 4.70. The van der Waals surface area contributed by atoms with Crippen molar-refractivity contribution >= 4 is 16.7 Å². The Hall–Kier alpha value is -2.40. The number of nitrogens with two attached hydrogens (primary N) is 1. The van der Waals surface area contributed by atoms with Crippen LogP contribution in [0.2, 0.25) is 0 Å². The van der Waals surface area contributed by atoms with Crippen molar-refractivity contribution in [2.24, 2.45) is 0 Å². The lowest BCUT2D eigenvalue weighted by Crippen LogP contribution is -2.05. The van der Waals surface area contributed by atoms with E-state index in [0.717, 1.165) is 22.4 Å². The van der Waals surface area contributed by atoms with E-state index in [2.05, 4.69) is 9.97 Å². The molecule has 0 atom stereocenters. The largest absolute Gasteiger partial charge is 0.397 e. The van der Waals surface area contributed by atoms with Gasteiger partial charge in [-0.05, 0) is 18.2 Å². The van der Waals surface area contributed by atoms with Crippen molar-refractivity contribution in [3.63, 3.8) is 0 Å². The van der Waals surface area contributed by atoms with Crippen LogP contribution in [0, 0.1) is 0 Å². The molecule has 2 heterocycles. The number of aromatic nitrogens is 3. The van der Waals surface area contributed by atoms with E-state index < -0.39 is 0 Å². The summed E-state index contributed by atoms with van der Waals surface area (Å²) >= 11 is 0. The van der Waals surface area contributed by atoms with Crippen molar-refractivity contribution in [1.29, 1.82) is 0 Å². The lowest BCUT2D eigenvalue weighted by atomic mass is 10.2. The molecule has 0 spiro atoms. The summed E-state index contributed by atoms with van der Waals surface area (Å²) in [6.45, 7) is 0.538. The molecular weight excluding hydrogens is 240 g/mol. The lowest BCUT2D eigenvalue weighted by molar-refractivity contribution is 0.278. The highest BCUT2D eigenvalue weighted by atomic mass is 16.3. The summed E-state index contributed by atoms with van der Waals surface area (Å²) in [6, 6.07) is 9.67. The first-order chi connectivity index (χ1) is 9.31. The zero-order valence-corrected chi connectivity index (χ0v) is 10.3. The van der Waals surface area contributed by atoms with Gasteiger partial charge in [0.15, 0.2) is 0 Å². The van der Waals surface area contributed by atoms with Crippen LogP contribution in [0.25, 0.3) is 22.4 Å². The number of aliphatic hydroxyl groups is 1. The number of benzene rings is 1. The lowest BCUT2D eigenvalue weighted by Gasteiger charge is -2.08. The molecule has 3 rings (SSSR count). The summed E-state index contributed by atoms with van der Waals surface area (Å²) in [4.78, 5) is 8.60. The van der Waals surface area contributed by atoms with Gasteiger partial charge < -0.3 is 15.4 Å². The zero-order valence-electron chi connectivity index (χ0n) is 10.3. The van der Waals surface area contributed by atoms with E-state index >= 15 is 0 Å². The number of nitrogens with zero attached hydrogens (tertiary/aromatic N) is 3. The highest BCUT2D eigenvalue weighted by molar-refractivity contribution is 5.83. The molecule has 19 heavy (non-hydrogen) atoms. The van der Waals surface area contributed by atoms with Crippen LogP contribution in [0.3, 0.4) is 0 Å². The highest BCUT2D eigenvalue weighted by Crippen LogP contribution is 2.27. The summed E-state index contributed by atoms with van der Waals surface area (Å²) in [5, 5.41) is 9.25. The Kier molecular flexibility index (Phi) is 2.89. The third kappa shape index (κ3) is 1.94. The molecule has 3 N–H and O–H groups in total. The highest BCUT2D eigenvalue weighted by Gasteiger charge is 2.13. The van der Waals surface area contributed by atoms with E-state index in [1.165, 1.54) is 0 Å². The fraction of sp³-hybridized carbons (Fsp3) is 0.143. The van der Waals surface area contributed by atoms with E-state index in [1.807, 2.05) is 34.9 Å². The Balaban J connectivity index is 2.28. The molecular formula is C14H14N4O. The Labute approximate surface area is 110 Å². The summed E-state index contributed by atoms with van der Waals surface area (Å²) in [5.74, 6) is 0.759. The molecule has 0 aliphatic heterocycles. The second-order valence-corrected chi connectivity index (χ2v) is 4.26. The van der Waals surface area contributed by atoms with E-state index in [9.17, 15) is 5.11 Å². The molecule has 96 valence electrons. The minimum atomic E-state index is 0.0539. The van der Waals surface area contributed by atoms with Crippen molar-refractivity contribution in [2.75, 3.05) is 12.3 Å². The molecule has 1 aromatic carbocycles. The first kappa shape index (κ1) is 11.7. The normalized spacial score (nSPS) is 11.0. The van der Waals surface area contributed by atoms with Crippen LogP contribution >= 0.6 is 0 Å². The minimum Gasteiger partial charge on any atom is -0.397 e. The fourth-order valence-corrected chi connectivity index (χ4v) is 2.22. The first-order valence-electron chi connectivity index (χ1n) is 6.07. The molecule has 0 saturated carbocycles. The zero-order chi connectivity index (χ0) is 13.2. The van der Waals surface area contributed by atoms with Crippen LogP contribution in [-0.2, 0) is 6.54 Å². The summed E-state index contributed by atoms with van der Waals surface area (Å²) in [6.07, 6.45) is 3.30. The van der Waals surface area contributed by atoms with Gasteiger partial charge in [0.05, 0.1) is 29.5 Å².